The van der Waals surface area contributed by atoms with Crippen LogP contribution in [0, 0.1) is 0 Å². The van der Waals surface area contributed by atoms with Crippen LogP contribution in [0.4, 0.5) is 15.3 Å². The molecule has 0 saturated heterocycles. The van der Waals surface area contributed by atoms with Gasteiger partial charge in [-0.15, -0.1) is 11.3 Å². The molecular formula is C22H23N3O7S. The summed E-state index contributed by atoms with van der Waals surface area (Å²) in [4.78, 5) is 49.6. The van der Waals surface area contributed by atoms with Gasteiger partial charge in [-0.2, -0.15) is 0 Å². The number of esters is 2. The lowest BCUT2D eigenvalue weighted by Gasteiger charge is -2.28. The van der Waals surface area contributed by atoms with E-state index in [4.69, 9.17) is 14.2 Å². The zero-order valence-electron chi connectivity index (χ0n) is 18.0. The van der Waals surface area contributed by atoms with Crippen LogP contribution in [0.3, 0.4) is 0 Å². The molecule has 1 aromatic carbocycles. The van der Waals surface area contributed by atoms with Gasteiger partial charge < -0.3 is 24.8 Å². The van der Waals surface area contributed by atoms with Crippen molar-refractivity contribution in [2.45, 2.75) is 19.9 Å². The summed E-state index contributed by atoms with van der Waals surface area (Å²) in [6.45, 7) is 3.40. The fraction of sp³-hybridized carbons (Fsp3) is 0.273. The predicted octanol–water partition coefficient (Wildman–Crippen LogP) is 3.34. The van der Waals surface area contributed by atoms with E-state index >= 15 is 0 Å². The van der Waals surface area contributed by atoms with E-state index < -0.39 is 30.1 Å². The van der Waals surface area contributed by atoms with Crippen molar-refractivity contribution in [2.75, 3.05) is 25.1 Å². The first-order chi connectivity index (χ1) is 15.9. The highest BCUT2D eigenvalue weighted by molar-refractivity contribution is 7.10. The Morgan fingerprint density at radius 1 is 1.00 bits per heavy atom. The Bertz CT molecular complexity index is 1050. The minimum absolute atomic E-state index is 0.143. The average molecular weight is 474 g/mol. The number of carbonyl (C=O) groups is 4. The molecule has 0 saturated carbocycles. The molecule has 11 heteroatoms. The Labute approximate surface area is 193 Å². The van der Waals surface area contributed by atoms with E-state index in [-0.39, 0.29) is 36.7 Å². The molecule has 0 spiro atoms. The molecule has 0 unspecified atom stereocenters. The average Bonchev–Trinajstić information content (AvgIpc) is 3.32. The van der Waals surface area contributed by atoms with E-state index in [0.717, 1.165) is 4.88 Å². The van der Waals surface area contributed by atoms with Crippen molar-refractivity contribution >= 4 is 41.1 Å². The number of urea groups is 1. The first kappa shape index (κ1) is 23.8. The minimum atomic E-state index is -0.722. The van der Waals surface area contributed by atoms with E-state index in [1.165, 1.54) is 35.6 Å². The highest BCUT2D eigenvalue weighted by atomic mass is 32.1. The Morgan fingerprint density at radius 2 is 1.73 bits per heavy atom. The number of amides is 3. The molecule has 0 radical (unpaired) electrons. The number of anilines is 1. The van der Waals surface area contributed by atoms with Crippen molar-refractivity contribution in [1.82, 2.24) is 10.6 Å². The number of hydrogen-bond donors (Lipinski definition) is 3. The quantitative estimate of drug-likeness (QED) is 0.396. The van der Waals surface area contributed by atoms with Crippen molar-refractivity contribution in [3.05, 3.63) is 63.5 Å². The van der Waals surface area contributed by atoms with Crippen LogP contribution in [0.5, 0.6) is 0 Å². The van der Waals surface area contributed by atoms with Crippen LogP contribution in [-0.4, -0.2) is 43.9 Å². The molecule has 3 amide bonds. The number of nitrogens with one attached hydrogen (secondary N) is 3. The van der Waals surface area contributed by atoms with E-state index in [0.29, 0.717) is 5.69 Å². The van der Waals surface area contributed by atoms with Gasteiger partial charge in [-0.1, -0.05) is 6.07 Å². The van der Waals surface area contributed by atoms with Gasteiger partial charge in [0, 0.05) is 10.6 Å². The number of hydrogen-bond acceptors (Lipinski definition) is 8. The molecule has 0 fully saturated rings. The number of rotatable bonds is 8. The van der Waals surface area contributed by atoms with Gasteiger partial charge in [-0.05, 0) is 49.6 Å². The summed E-state index contributed by atoms with van der Waals surface area (Å²) in [5, 5.41) is 9.59. The van der Waals surface area contributed by atoms with Crippen LogP contribution >= 0.6 is 11.3 Å². The minimum Gasteiger partial charge on any atom is -0.463 e. The van der Waals surface area contributed by atoms with E-state index in [1.807, 2.05) is 5.38 Å². The SMILES string of the molecule is CCOC(=O)Nc1ccc(C(=O)OCC2=C(C(=O)OCC)[C@@H](c3cccs3)NC(=O)N2)cc1. The third kappa shape index (κ3) is 6.10. The molecule has 174 valence electrons. The molecule has 0 aliphatic carbocycles. The first-order valence-corrected chi connectivity index (χ1v) is 11.0. The van der Waals surface area contributed by atoms with Gasteiger partial charge in [0.25, 0.3) is 0 Å². The van der Waals surface area contributed by atoms with Crippen LogP contribution in [0.25, 0.3) is 0 Å². The third-order valence-electron chi connectivity index (χ3n) is 4.47. The molecule has 33 heavy (non-hydrogen) atoms. The molecule has 2 heterocycles. The summed E-state index contributed by atoms with van der Waals surface area (Å²) in [5.41, 5.74) is 0.977. The van der Waals surface area contributed by atoms with Gasteiger partial charge in [0.2, 0.25) is 0 Å². The largest absolute Gasteiger partial charge is 0.463 e. The summed E-state index contributed by atoms with van der Waals surface area (Å²) in [5.74, 6) is -1.29. The molecule has 3 N–H and O–H groups in total. The lowest BCUT2D eigenvalue weighted by Crippen LogP contribution is -2.46. The second kappa shape index (κ2) is 11.1. The monoisotopic (exact) mass is 473 g/mol. The molecule has 1 aliphatic heterocycles. The van der Waals surface area contributed by atoms with Gasteiger partial charge in [0.1, 0.15) is 6.61 Å². The maximum atomic E-state index is 12.7. The molecule has 10 nitrogen and oxygen atoms in total. The van der Waals surface area contributed by atoms with Crippen molar-refractivity contribution in [3.63, 3.8) is 0 Å². The second-order valence-corrected chi connectivity index (χ2v) is 7.64. The summed E-state index contributed by atoms with van der Waals surface area (Å²) in [6.07, 6.45) is -0.604. The number of ether oxygens (including phenoxy) is 3. The number of carbonyl (C=O) groups excluding carboxylic acids is 4. The van der Waals surface area contributed by atoms with Crippen molar-refractivity contribution < 1.29 is 33.4 Å². The smallest absolute Gasteiger partial charge is 0.411 e. The van der Waals surface area contributed by atoms with Crippen LogP contribution in [0.15, 0.2) is 53.0 Å². The Kier molecular flexibility index (Phi) is 8.03. The standard InChI is InChI=1S/C22H23N3O7S/c1-3-30-20(27)17-15(24-21(28)25-18(17)16-6-5-11-33-16)12-32-19(26)13-7-9-14(10-8-13)23-22(29)31-4-2/h5-11,18H,3-4,12H2,1-2H3,(H,23,29)(H2,24,25,28)/t18-/m1/s1. The molecule has 1 aliphatic rings. The lowest BCUT2D eigenvalue weighted by atomic mass is 10.0. The fourth-order valence-corrected chi connectivity index (χ4v) is 3.83. The summed E-state index contributed by atoms with van der Waals surface area (Å²) < 4.78 is 15.3. The van der Waals surface area contributed by atoms with E-state index in [1.54, 1.807) is 26.0 Å². The van der Waals surface area contributed by atoms with E-state index in [9.17, 15) is 19.2 Å². The lowest BCUT2D eigenvalue weighted by molar-refractivity contribution is -0.139. The van der Waals surface area contributed by atoms with Gasteiger partial charge in [0.05, 0.1) is 36.1 Å². The topological polar surface area (TPSA) is 132 Å². The van der Waals surface area contributed by atoms with Crippen molar-refractivity contribution in [1.29, 1.82) is 0 Å². The Hall–Kier alpha value is -3.86. The first-order valence-electron chi connectivity index (χ1n) is 10.1. The second-order valence-electron chi connectivity index (χ2n) is 6.66. The predicted molar refractivity (Wildman–Crippen MR) is 120 cm³/mol. The fourth-order valence-electron chi connectivity index (χ4n) is 3.05. The van der Waals surface area contributed by atoms with Crippen LogP contribution in [0.1, 0.15) is 35.1 Å². The van der Waals surface area contributed by atoms with Crippen LogP contribution in [-0.2, 0) is 19.0 Å². The van der Waals surface area contributed by atoms with Gasteiger partial charge in [0.15, 0.2) is 0 Å². The normalized spacial score (nSPS) is 15.2. The number of thiophene rings is 1. The van der Waals surface area contributed by atoms with Crippen molar-refractivity contribution in [3.8, 4) is 0 Å². The molecular weight excluding hydrogens is 450 g/mol. The highest BCUT2D eigenvalue weighted by Crippen LogP contribution is 2.30. The van der Waals surface area contributed by atoms with Crippen LogP contribution in [0.2, 0.25) is 0 Å². The van der Waals surface area contributed by atoms with Crippen molar-refractivity contribution in [2.24, 2.45) is 0 Å². The maximum Gasteiger partial charge on any atom is 0.411 e. The highest BCUT2D eigenvalue weighted by Gasteiger charge is 2.34. The Balaban J connectivity index is 1.75. The molecule has 0 bridgehead atoms. The molecule has 1 atom stereocenters. The summed E-state index contributed by atoms with van der Waals surface area (Å²) in [6, 6.07) is 8.33. The van der Waals surface area contributed by atoms with Crippen LogP contribution < -0.4 is 16.0 Å². The summed E-state index contributed by atoms with van der Waals surface area (Å²) >= 11 is 1.37. The van der Waals surface area contributed by atoms with Gasteiger partial charge >= 0.3 is 24.1 Å². The zero-order chi connectivity index (χ0) is 23.8. The zero-order valence-corrected chi connectivity index (χ0v) is 18.8. The molecule has 3 rings (SSSR count). The third-order valence-corrected chi connectivity index (χ3v) is 5.40. The van der Waals surface area contributed by atoms with Gasteiger partial charge in [-0.25, -0.2) is 19.2 Å². The number of benzene rings is 1. The summed E-state index contributed by atoms with van der Waals surface area (Å²) in [7, 11) is 0. The maximum absolute atomic E-state index is 12.7. The molecule has 1 aromatic heterocycles. The Morgan fingerprint density at radius 3 is 2.36 bits per heavy atom. The molecule has 2 aromatic rings. The van der Waals surface area contributed by atoms with Gasteiger partial charge in [-0.3, -0.25) is 5.32 Å². The van der Waals surface area contributed by atoms with E-state index in [2.05, 4.69) is 16.0 Å².